The fourth-order valence-corrected chi connectivity index (χ4v) is 5.63. The quantitative estimate of drug-likeness (QED) is 0.0712. The Labute approximate surface area is 230 Å². The largest absolute Gasteiger partial charge is 0.870 e. The molecule has 10 heteroatoms. The highest BCUT2D eigenvalue weighted by Crippen LogP contribution is 2.15. The van der Waals surface area contributed by atoms with Gasteiger partial charge < -0.3 is 15.1 Å². The third-order valence-corrected chi connectivity index (χ3v) is 8.32. The zero-order valence-electron chi connectivity index (χ0n) is 24.5. The van der Waals surface area contributed by atoms with Crippen molar-refractivity contribution in [1.82, 2.24) is 0 Å². The Balaban J connectivity index is -0.00000110. The number of nitrogens with zero attached hydrogens (tertiary/aromatic N) is 1. The summed E-state index contributed by atoms with van der Waals surface area (Å²) in [5.41, 5.74) is 0. The van der Waals surface area contributed by atoms with E-state index in [-0.39, 0.29) is 30.0 Å². The first kappa shape index (κ1) is 41.3. The van der Waals surface area contributed by atoms with Gasteiger partial charge in [0.2, 0.25) is 0 Å². The lowest BCUT2D eigenvalue weighted by atomic mass is 10.0. The topological polar surface area (TPSA) is 131 Å². The van der Waals surface area contributed by atoms with Crippen LogP contribution in [0.4, 0.5) is 0 Å². The maximum Gasteiger partial charge on any atom is 0.694 e. The van der Waals surface area contributed by atoms with E-state index < -0.39 is 18.1 Å². The zero-order chi connectivity index (χ0) is 27.5. The van der Waals surface area contributed by atoms with Crippen LogP contribution in [0.1, 0.15) is 122 Å². The number of aliphatic hydroxyl groups is 1. The smallest absolute Gasteiger partial charge is 0.694 e. The predicted molar refractivity (Wildman–Crippen MR) is 155 cm³/mol. The van der Waals surface area contributed by atoms with Crippen molar-refractivity contribution >= 4 is 18.1 Å². The molecule has 37 heavy (non-hydrogen) atoms. The number of hydrogen-bond donors (Lipinski definition) is 2. The van der Waals surface area contributed by atoms with E-state index in [1.165, 1.54) is 83.5 Å². The summed E-state index contributed by atoms with van der Waals surface area (Å²) < 4.78 is 39.4. The number of unbranched alkanes of at least 4 members (excludes halogenated alkanes) is 15. The summed E-state index contributed by atoms with van der Waals surface area (Å²) in [5.74, 6) is 0.256. The molecule has 0 aromatic rings. The van der Waals surface area contributed by atoms with E-state index in [4.69, 9.17) is 10.00 Å². The molecule has 226 valence electrons. The van der Waals surface area contributed by atoms with Crippen LogP contribution in [0.2, 0.25) is 0 Å². The molecule has 0 saturated heterocycles. The normalized spacial score (nSPS) is 12.0. The van der Waals surface area contributed by atoms with Gasteiger partial charge in [0.25, 0.3) is 0 Å². The van der Waals surface area contributed by atoms with Crippen LogP contribution < -0.4 is 0 Å². The van der Waals surface area contributed by atoms with E-state index >= 15 is 0 Å². The van der Waals surface area contributed by atoms with Crippen LogP contribution in [0.5, 0.6) is 0 Å². The van der Waals surface area contributed by atoms with E-state index in [1.54, 1.807) is 0 Å². The van der Waals surface area contributed by atoms with Gasteiger partial charge in [0, 0.05) is 17.6 Å². The Kier molecular flexibility index (Phi) is 32.2. The van der Waals surface area contributed by atoms with Gasteiger partial charge in [-0.1, -0.05) is 103 Å². The van der Waals surface area contributed by atoms with Crippen molar-refractivity contribution in [2.75, 3.05) is 52.4 Å². The maximum absolute atomic E-state index is 11.8. The minimum Gasteiger partial charge on any atom is -0.870 e. The number of rotatable bonds is 25. The van der Waals surface area contributed by atoms with E-state index in [1.807, 2.05) is 0 Å². The fourth-order valence-electron chi connectivity index (χ4n) is 3.94. The molecule has 1 atom stereocenters. The van der Waals surface area contributed by atoms with Gasteiger partial charge in [-0.15, -0.1) is 9.42 Å². The molecule has 0 aliphatic rings. The third kappa shape index (κ3) is 40.5. The zero-order valence-corrected chi connectivity index (χ0v) is 26.3. The Morgan fingerprint density at radius 3 is 1.38 bits per heavy atom. The highest BCUT2D eigenvalue weighted by Gasteiger charge is 2.14. The summed E-state index contributed by atoms with van der Waals surface area (Å²) in [6.45, 7) is 3.65. The number of quaternary nitrogens is 1. The second-order valence-corrected chi connectivity index (χ2v) is 14.0. The van der Waals surface area contributed by atoms with Gasteiger partial charge in [-0.25, -0.2) is 8.42 Å². The molecule has 0 radical (unpaired) electrons. The summed E-state index contributed by atoms with van der Waals surface area (Å²) in [5, 5.41) is 8.42. The summed E-state index contributed by atoms with van der Waals surface area (Å²) in [7, 11) is 0.684. The van der Waals surface area contributed by atoms with Crippen molar-refractivity contribution in [1.29, 1.82) is 0 Å². The fraction of sp³-hybridized carbons (Fsp3) is 1.00. The molecule has 0 saturated carbocycles. The van der Waals surface area contributed by atoms with Crippen molar-refractivity contribution < 1.29 is 37.5 Å². The van der Waals surface area contributed by atoms with Crippen molar-refractivity contribution in [3.63, 3.8) is 0 Å². The number of hydrogen-bond acceptors (Lipinski definition) is 6. The first-order chi connectivity index (χ1) is 17.0. The molecule has 0 bridgehead atoms. The average Bonchev–Trinajstić information content (AvgIpc) is 2.80. The first-order valence-electron chi connectivity index (χ1n) is 14.4. The summed E-state index contributed by atoms with van der Waals surface area (Å²) in [6.07, 6.45) is 21.6. The Bertz CT molecular complexity index is 584. The Morgan fingerprint density at radius 2 is 1.05 bits per heavy atom. The molecule has 0 fully saturated rings. The van der Waals surface area contributed by atoms with Gasteiger partial charge in [0.15, 0.2) is 0 Å². The minimum absolute atomic E-state index is 0. The van der Waals surface area contributed by atoms with Crippen LogP contribution in [0.3, 0.4) is 0 Å². The average molecular weight is 575 g/mol. The van der Waals surface area contributed by atoms with Crippen LogP contribution in [-0.2, 0) is 18.9 Å². The highest BCUT2D eigenvalue weighted by atomic mass is 32.2. The molecule has 0 heterocycles. The summed E-state index contributed by atoms with van der Waals surface area (Å²) in [4.78, 5) is 8.48. The monoisotopic (exact) mass is 574 g/mol. The second-order valence-electron chi connectivity index (χ2n) is 11.0. The molecular formula is C27H61NO7PS+. The standard InChI is InChI=1S/C21H43O5PS.C6H16NO.H2O/c1-2-3-4-5-6-7-8-9-10-11-12-13-14-15-16-17-20-28(24,25)21-18-19-26-27(22)23;1-7(2,3)5-4-6-8;/h2-21H2,1H3;8H,4-6H2,1-3H3;1H2/q;+1;. The number of sulfone groups is 1. The molecule has 0 aliphatic carbocycles. The van der Waals surface area contributed by atoms with E-state index in [9.17, 15) is 13.0 Å². The summed E-state index contributed by atoms with van der Waals surface area (Å²) >= 11 is 0. The van der Waals surface area contributed by atoms with Crippen molar-refractivity contribution in [3.05, 3.63) is 0 Å². The minimum atomic E-state index is -3.06. The molecule has 1 unspecified atom stereocenters. The molecule has 0 aromatic heterocycles. The van der Waals surface area contributed by atoms with Crippen LogP contribution in [0.15, 0.2) is 0 Å². The molecule has 0 aromatic carbocycles. The van der Waals surface area contributed by atoms with Gasteiger partial charge in [0.05, 0.1) is 39.2 Å². The van der Waals surface area contributed by atoms with Crippen molar-refractivity contribution in [2.24, 2.45) is 0 Å². The van der Waals surface area contributed by atoms with Crippen LogP contribution >= 0.6 is 8.25 Å². The summed E-state index contributed by atoms with van der Waals surface area (Å²) in [6, 6.07) is 0. The van der Waals surface area contributed by atoms with E-state index in [2.05, 4.69) is 32.6 Å². The van der Waals surface area contributed by atoms with Crippen LogP contribution in [-0.4, -0.2) is 80.8 Å². The van der Waals surface area contributed by atoms with Crippen molar-refractivity contribution in [3.8, 4) is 0 Å². The lowest BCUT2D eigenvalue weighted by Crippen LogP contribution is -2.35. The molecule has 0 amide bonds. The molecular weight excluding hydrogens is 513 g/mol. The molecule has 0 aliphatic heterocycles. The molecule has 3 N–H and O–H groups in total. The van der Waals surface area contributed by atoms with Gasteiger partial charge in [-0.3, -0.25) is 0 Å². The van der Waals surface area contributed by atoms with E-state index in [0.717, 1.165) is 36.7 Å². The van der Waals surface area contributed by atoms with Gasteiger partial charge in [0.1, 0.15) is 16.4 Å². The van der Waals surface area contributed by atoms with Gasteiger partial charge in [-0.05, 0) is 12.8 Å². The third-order valence-electron chi connectivity index (χ3n) is 6.10. The van der Waals surface area contributed by atoms with Crippen LogP contribution in [0, 0.1) is 0 Å². The second kappa shape index (κ2) is 28.8. The Hall–Kier alpha value is -0.150. The lowest BCUT2D eigenvalue weighted by molar-refractivity contribution is -0.870. The predicted octanol–water partition coefficient (Wildman–Crippen LogP) is 6.62. The first-order valence-corrected chi connectivity index (χ1v) is 17.4. The molecule has 0 rings (SSSR count). The Morgan fingerprint density at radius 1 is 0.676 bits per heavy atom. The van der Waals surface area contributed by atoms with Crippen LogP contribution in [0.25, 0.3) is 0 Å². The van der Waals surface area contributed by atoms with Gasteiger partial charge >= 0.3 is 8.25 Å². The SMILES string of the molecule is CCCCCCCCCCCCCCCCCCS(=O)(=O)CCCO[P+](=O)O.C[N+](C)(C)CCCO.[OH-]. The highest BCUT2D eigenvalue weighted by molar-refractivity contribution is 7.91. The van der Waals surface area contributed by atoms with E-state index in [0.29, 0.717) is 6.61 Å². The molecule has 0 spiro atoms. The lowest BCUT2D eigenvalue weighted by Gasteiger charge is -2.22. The molecule has 8 nitrogen and oxygen atoms in total. The van der Waals surface area contributed by atoms with Crippen molar-refractivity contribution in [2.45, 2.75) is 122 Å². The number of aliphatic hydroxyl groups excluding tert-OH is 1. The maximum atomic E-state index is 11.8. The van der Waals surface area contributed by atoms with Gasteiger partial charge in [-0.2, -0.15) is 0 Å².